The molecule has 2 fully saturated rings. The van der Waals surface area contributed by atoms with Crippen LogP contribution in [0, 0.1) is 0 Å². The Morgan fingerprint density at radius 2 is 1.38 bits per heavy atom. The third kappa shape index (κ3) is 3.57. The monoisotopic (exact) mass is 358 g/mol. The van der Waals surface area contributed by atoms with Crippen molar-refractivity contribution < 1.29 is 55.1 Å². The van der Waals surface area contributed by atoms with Crippen molar-refractivity contribution >= 4 is 0 Å². The first-order valence-corrected chi connectivity index (χ1v) is 7.05. The summed E-state index contributed by atoms with van der Waals surface area (Å²) in [6.07, 6.45) is -12.7. The molecule has 11 heteroatoms. The van der Waals surface area contributed by atoms with Crippen LogP contribution in [0.15, 0.2) is 0 Å². The lowest BCUT2D eigenvalue weighted by Crippen LogP contribution is -2.62. The van der Waals surface area contributed by atoms with Crippen molar-refractivity contribution in [1.29, 1.82) is 0 Å². The molecule has 2 saturated heterocycles. The fourth-order valence-corrected chi connectivity index (χ4v) is 2.63. The minimum atomic E-state index is -2.22. The molecule has 0 amide bonds. The fourth-order valence-electron chi connectivity index (χ4n) is 2.63. The predicted octanol–water partition coefficient (Wildman–Crippen LogP) is -4.76. The van der Waals surface area contributed by atoms with Crippen LogP contribution in [-0.2, 0) is 14.2 Å². The van der Waals surface area contributed by atoms with Gasteiger partial charge >= 0.3 is 0 Å². The van der Waals surface area contributed by atoms with E-state index in [4.69, 9.17) is 24.4 Å². The molecule has 0 radical (unpaired) electrons. The highest BCUT2D eigenvalue weighted by molar-refractivity contribution is 4.98. The highest BCUT2D eigenvalue weighted by Crippen LogP contribution is 2.35. The normalized spacial score (nSPS) is 49.0. The SMILES string of the molecule is C.OCC1OC(O[C@]2(CO)O[C@H](CO)C(O)C2O)C(O)C(O)C1O. The third-order valence-corrected chi connectivity index (χ3v) is 4.07. The summed E-state index contributed by atoms with van der Waals surface area (Å²) in [5, 5.41) is 76.7. The van der Waals surface area contributed by atoms with Crippen molar-refractivity contribution in [2.75, 3.05) is 19.8 Å². The number of hydrogen-bond donors (Lipinski definition) is 8. The van der Waals surface area contributed by atoms with E-state index in [9.17, 15) is 30.6 Å². The molecule has 0 aromatic carbocycles. The molecule has 0 aromatic heterocycles. The van der Waals surface area contributed by atoms with Crippen LogP contribution in [0.25, 0.3) is 0 Å². The minimum absolute atomic E-state index is 0. The average Bonchev–Trinajstić information content (AvgIpc) is 2.80. The molecule has 0 aromatic rings. The van der Waals surface area contributed by atoms with Crippen molar-refractivity contribution in [3.05, 3.63) is 0 Å². The second-order valence-electron chi connectivity index (χ2n) is 5.56. The highest BCUT2D eigenvalue weighted by Gasteiger charge is 2.58. The number of hydrogen-bond acceptors (Lipinski definition) is 11. The van der Waals surface area contributed by atoms with E-state index in [1.54, 1.807) is 0 Å². The highest BCUT2D eigenvalue weighted by atomic mass is 16.8. The lowest BCUT2D eigenvalue weighted by Gasteiger charge is -2.43. The number of rotatable bonds is 5. The van der Waals surface area contributed by atoms with Crippen LogP contribution in [0.3, 0.4) is 0 Å². The summed E-state index contributed by atoms with van der Waals surface area (Å²) in [5.74, 6) is -2.22. The topological polar surface area (TPSA) is 190 Å². The molecule has 8 N–H and O–H groups in total. The quantitative estimate of drug-likeness (QED) is 0.235. The van der Waals surface area contributed by atoms with E-state index in [0.717, 1.165) is 0 Å². The van der Waals surface area contributed by atoms with Gasteiger partial charge in [0.15, 0.2) is 6.29 Å². The molecular formula is C13H26O11. The van der Waals surface area contributed by atoms with Crippen LogP contribution in [0.4, 0.5) is 0 Å². The molecule has 2 rings (SSSR count). The van der Waals surface area contributed by atoms with Gasteiger partial charge in [-0.05, 0) is 0 Å². The summed E-state index contributed by atoms with van der Waals surface area (Å²) >= 11 is 0. The van der Waals surface area contributed by atoms with Crippen LogP contribution >= 0.6 is 0 Å². The molecular weight excluding hydrogens is 332 g/mol. The van der Waals surface area contributed by atoms with Gasteiger partial charge in [0.05, 0.1) is 13.2 Å². The Bertz CT molecular complexity index is 394. The molecule has 2 aliphatic rings. The van der Waals surface area contributed by atoms with Gasteiger partial charge in [-0.1, -0.05) is 7.43 Å². The Kier molecular flexibility index (Phi) is 7.46. The van der Waals surface area contributed by atoms with E-state index in [1.165, 1.54) is 0 Å². The Morgan fingerprint density at radius 3 is 1.83 bits per heavy atom. The van der Waals surface area contributed by atoms with Gasteiger partial charge in [-0.2, -0.15) is 0 Å². The summed E-state index contributed by atoms with van der Waals surface area (Å²) in [6, 6.07) is 0. The second-order valence-corrected chi connectivity index (χ2v) is 5.56. The van der Waals surface area contributed by atoms with Crippen LogP contribution < -0.4 is 0 Å². The van der Waals surface area contributed by atoms with Gasteiger partial charge < -0.3 is 55.1 Å². The summed E-state index contributed by atoms with van der Waals surface area (Å²) in [5.41, 5.74) is 0. The van der Waals surface area contributed by atoms with Gasteiger partial charge in [0.1, 0.15) is 49.3 Å². The Hall–Kier alpha value is -0.440. The summed E-state index contributed by atoms with van der Waals surface area (Å²) in [4.78, 5) is 0. The molecule has 9 atom stereocenters. The number of aliphatic hydroxyl groups excluding tert-OH is 8. The van der Waals surface area contributed by atoms with Gasteiger partial charge in [-0.25, -0.2) is 0 Å². The van der Waals surface area contributed by atoms with Crippen LogP contribution in [0.5, 0.6) is 0 Å². The molecule has 11 nitrogen and oxygen atoms in total. The maximum absolute atomic E-state index is 10.00. The van der Waals surface area contributed by atoms with Crippen molar-refractivity contribution in [3.63, 3.8) is 0 Å². The lowest BCUT2D eigenvalue weighted by atomic mass is 9.99. The van der Waals surface area contributed by atoms with Crippen LogP contribution in [0.1, 0.15) is 7.43 Å². The zero-order valence-electron chi connectivity index (χ0n) is 12.0. The van der Waals surface area contributed by atoms with E-state index in [-0.39, 0.29) is 7.43 Å². The molecule has 144 valence electrons. The molecule has 2 heterocycles. The molecule has 0 saturated carbocycles. The molecule has 0 spiro atoms. The third-order valence-electron chi connectivity index (χ3n) is 4.07. The number of ether oxygens (including phenoxy) is 3. The van der Waals surface area contributed by atoms with E-state index in [0.29, 0.717) is 0 Å². The Morgan fingerprint density at radius 1 is 0.792 bits per heavy atom. The largest absolute Gasteiger partial charge is 0.394 e. The zero-order chi connectivity index (χ0) is 17.4. The van der Waals surface area contributed by atoms with Gasteiger partial charge in [0.2, 0.25) is 5.79 Å². The van der Waals surface area contributed by atoms with Gasteiger partial charge in [-0.3, -0.25) is 0 Å². The Labute approximate surface area is 138 Å². The lowest BCUT2D eigenvalue weighted by molar-refractivity contribution is -0.383. The predicted molar refractivity (Wildman–Crippen MR) is 75.4 cm³/mol. The first kappa shape index (κ1) is 21.6. The summed E-state index contributed by atoms with van der Waals surface area (Å²) in [6.45, 7) is -2.32. The first-order valence-electron chi connectivity index (χ1n) is 7.05. The van der Waals surface area contributed by atoms with Crippen molar-refractivity contribution in [2.24, 2.45) is 0 Å². The first-order chi connectivity index (χ1) is 10.8. The summed E-state index contributed by atoms with van der Waals surface area (Å²) in [7, 11) is 0. The zero-order valence-corrected chi connectivity index (χ0v) is 12.0. The van der Waals surface area contributed by atoms with Crippen molar-refractivity contribution in [3.8, 4) is 0 Å². The smallest absolute Gasteiger partial charge is 0.224 e. The second kappa shape index (κ2) is 8.29. The van der Waals surface area contributed by atoms with Crippen LogP contribution in [-0.4, -0.2) is 115 Å². The maximum atomic E-state index is 10.00. The average molecular weight is 358 g/mol. The van der Waals surface area contributed by atoms with E-state index in [2.05, 4.69) is 0 Å². The maximum Gasteiger partial charge on any atom is 0.224 e. The molecule has 2 aliphatic heterocycles. The number of aliphatic hydroxyl groups is 8. The van der Waals surface area contributed by atoms with E-state index < -0.39 is 74.6 Å². The van der Waals surface area contributed by atoms with Gasteiger partial charge in [0, 0.05) is 0 Å². The molecule has 0 aliphatic carbocycles. The van der Waals surface area contributed by atoms with E-state index in [1.807, 2.05) is 0 Å². The molecule has 7 unspecified atom stereocenters. The fraction of sp³-hybridized carbons (Fsp3) is 1.00. The van der Waals surface area contributed by atoms with Crippen molar-refractivity contribution in [2.45, 2.75) is 62.2 Å². The van der Waals surface area contributed by atoms with Gasteiger partial charge in [-0.15, -0.1) is 0 Å². The van der Waals surface area contributed by atoms with E-state index >= 15 is 0 Å². The van der Waals surface area contributed by atoms with Crippen LogP contribution in [0.2, 0.25) is 0 Å². The van der Waals surface area contributed by atoms with Gasteiger partial charge in [0.25, 0.3) is 0 Å². The Balaban J connectivity index is 0.00000288. The van der Waals surface area contributed by atoms with Crippen molar-refractivity contribution in [1.82, 2.24) is 0 Å². The summed E-state index contributed by atoms with van der Waals surface area (Å²) < 4.78 is 15.4. The minimum Gasteiger partial charge on any atom is -0.394 e. The standard InChI is InChI=1S/C12H22O11.CH4/c13-1-4-6(16)8(18)9(19)11(21-4)23-12(3-15)10(20)7(17)5(2-14)22-12;/h4-11,13-20H,1-3H2;1H4/t4?,5-,6?,7?,8?,9?,10?,11?,12+;/m1./s1. The molecule has 24 heavy (non-hydrogen) atoms. The molecule has 0 bridgehead atoms.